The summed E-state index contributed by atoms with van der Waals surface area (Å²) in [6.07, 6.45) is -4.95. The molecule has 0 aromatic heterocycles. The number of anilines is 1. The molecule has 0 fully saturated rings. The molecule has 0 amide bonds. The van der Waals surface area contributed by atoms with Crippen LogP contribution in [-0.2, 0) is 6.18 Å². The van der Waals surface area contributed by atoms with Crippen LogP contribution in [0, 0.1) is 5.82 Å². The van der Waals surface area contributed by atoms with Gasteiger partial charge in [-0.1, -0.05) is 12.1 Å². The van der Waals surface area contributed by atoms with E-state index in [0.29, 0.717) is 12.2 Å². The predicted molar refractivity (Wildman–Crippen MR) is 78.8 cm³/mol. The highest BCUT2D eigenvalue weighted by Crippen LogP contribution is 2.44. The van der Waals surface area contributed by atoms with E-state index in [2.05, 4.69) is 5.32 Å². The number of hydrogen-bond donors (Lipinski definition) is 2. The zero-order valence-electron chi connectivity index (χ0n) is 12.0. The Bertz CT molecular complexity index is 731. The average molecular weight is 326 g/mol. The van der Waals surface area contributed by atoms with E-state index in [0.717, 1.165) is 18.2 Å². The van der Waals surface area contributed by atoms with E-state index in [-0.39, 0.29) is 29.5 Å². The van der Waals surface area contributed by atoms with E-state index in [1.54, 1.807) is 12.1 Å². The lowest BCUT2D eigenvalue weighted by Gasteiger charge is -2.28. The van der Waals surface area contributed by atoms with Crippen molar-refractivity contribution in [3.8, 4) is 16.9 Å². The molecule has 7 heteroatoms. The number of hydrogen-bond acceptors (Lipinski definition) is 3. The first-order valence-electron chi connectivity index (χ1n) is 7.01. The number of ether oxygens (including phenoxy) is 1. The van der Waals surface area contributed by atoms with Crippen LogP contribution in [0.2, 0.25) is 0 Å². The Morgan fingerprint density at radius 3 is 2.65 bits per heavy atom. The molecule has 3 N–H and O–H groups in total. The molecule has 3 nitrogen and oxygen atoms in total. The Labute approximate surface area is 130 Å². The van der Waals surface area contributed by atoms with Gasteiger partial charge in [0.05, 0.1) is 17.8 Å². The summed E-state index contributed by atoms with van der Waals surface area (Å²) < 4.78 is 59.0. The molecule has 0 radical (unpaired) electrons. The molecule has 1 heterocycles. The largest absolute Gasteiger partial charge is 0.484 e. The van der Waals surface area contributed by atoms with Gasteiger partial charge < -0.3 is 15.8 Å². The van der Waals surface area contributed by atoms with Gasteiger partial charge in [-0.05, 0) is 24.3 Å². The molecule has 2 aromatic carbocycles. The van der Waals surface area contributed by atoms with Crippen molar-refractivity contribution in [2.24, 2.45) is 5.73 Å². The van der Waals surface area contributed by atoms with E-state index < -0.39 is 17.6 Å². The van der Waals surface area contributed by atoms with Crippen molar-refractivity contribution in [3.05, 3.63) is 47.8 Å². The number of nitrogens with one attached hydrogen (secondary N) is 1. The minimum atomic E-state index is -4.60. The summed E-state index contributed by atoms with van der Waals surface area (Å²) >= 11 is 0. The van der Waals surface area contributed by atoms with E-state index >= 15 is 0 Å². The molecule has 1 unspecified atom stereocenters. The molecule has 1 aliphatic rings. The summed E-state index contributed by atoms with van der Waals surface area (Å²) in [6.45, 7) is 0.679. The fraction of sp³-hybridized carbons (Fsp3) is 0.250. The van der Waals surface area contributed by atoms with Crippen LogP contribution in [0.4, 0.5) is 23.2 Å². The van der Waals surface area contributed by atoms with E-state index in [1.165, 1.54) is 6.07 Å². The van der Waals surface area contributed by atoms with Crippen LogP contribution in [0.25, 0.3) is 11.1 Å². The first-order valence-corrected chi connectivity index (χ1v) is 7.01. The standard InChI is InChI=1S/C16H14F4N2O/c17-9-4-5-13(16(18,19)20)12(6-9)11-2-1-3-14-15(11)23-10(7-21)8-22-14/h1-6,10,22H,7-8,21H2. The second kappa shape index (κ2) is 5.73. The van der Waals surface area contributed by atoms with Crippen molar-refractivity contribution < 1.29 is 22.3 Å². The van der Waals surface area contributed by atoms with Crippen LogP contribution >= 0.6 is 0 Å². The molecule has 0 bridgehead atoms. The summed E-state index contributed by atoms with van der Waals surface area (Å²) in [7, 11) is 0. The third kappa shape index (κ3) is 2.96. The fourth-order valence-corrected chi connectivity index (χ4v) is 2.57. The highest BCUT2D eigenvalue weighted by molar-refractivity contribution is 5.81. The van der Waals surface area contributed by atoms with Crippen molar-refractivity contribution in [1.82, 2.24) is 0 Å². The first-order chi connectivity index (χ1) is 10.9. The zero-order valence-corrected chi connectivity index (χ0v) is 12.0. The van der Waals surface area contributed by atoms with Gasteiger partial charge in [-0.25, -0.2) is 4.39 Å². The minimum absolute atomic E-state index is 0.181. The molecular weight excluding hydrogens is 312 g/mol. The maximum absolute atomic E-state index is 13.6. The van der Waals surface area contributed by atoms with Gasteiger partial charge in [-0.3, -0.25) is 0 Å². The maximum atomic E-state index is 13.6. The quantitative estimate of drug-likeness (QED) is 0.828. The predicted octanol–water partition coefficient (Wildman–Crippen LogP) is 3.64. The SMILES string of the molecule is NCC1CNc2cccc(-c3cc(F)ccc3C(F)(F)F)c2O1. The minimum Gasteiger partial charge on any atom is -0.484 e. The van der Waals surface area contributed by atoms with Crippen LogP contribution in [0.3, 0.4) is 0 Å². The monoisotopic (exact) mass is 326 g/mol. The van der Waals surface area contributed by atoms with Crippen LogP contribution in [0.5, 0.6) is 5.75 Å². The van der Waals surface area contributed by atoms with E-state index in [1.807, 2.05) is 0 Å². The van der Waals surface area contributed by atoms with Gasteiger partial charge in [-0.15, -0.1) is 0 Å². The number of benzene rings is 2. The van der Waals surface area contributed by atoms with Crippen LogP contribution in [0.15, 0.2) is 36.4 Å². The smallest absolute Gasteiger partial charge is 0.417 e. The number of nitrogens with two attached hydrogens (primary N) is 1. The van der Waals surface area contributed by atoms with E-state index in [4.69, 9.17) is 10.5 Å². The summed E-state index contributed by atoms with van der Waals surface area (Å²) in [4.78, 5) is 0. The van der Waals surface area contributed by atoms with Gasteiger partial charge >= 0.3 is 6.18 Å². The molecule has 3 rings (SSSR count). The molecule has 0 spiro atoms. The lowest BCUT2D eigenvalue weighted by Crippen LogP contribution is -2.37. The van der Waals surface area contributed by atoms with Crippen LogP contribution in [-0.4, -0.2) is 19.2 Å². The van der Waals surface area contributed by atoms with Crippen molar-refractivity contribution >= 4 is 5.69 Å². The first kappa shape index (κ1) is 15.6. The van der Waals surface area contributed by atoms with Crippen molar-refractivity contribution in [1.29, 1.82) is 0 Å². The van der Waals surface area contributed by atoms with Gasteiger partial charge in [0, 0.05) is 17.7 Å². The van der Waals surface area contributed by atoms with Gasteiger partial charge in [0.1, 0.15) is 11.9 Å². The summed E-state index contributed by atoms with van der Waals surface area (Å²) in [5.74, 6) is -0.491. The fourth-order valence-electron chi connectivity index (χ4n) is 2.57. The lowest BCUT2D eigenvalue weighted by atomic mass is 9.97. The summed E-state index contributed by atoms with van der Waals surface area (Å²) in [5, 5.41) is 3.07. The van der Waals surface area contributed by atoms with Gasteiger partial charge in [-0.2, -0.15) is 13.2 Å². The Hall–Kier alpha value is -2.28. The van der Waals surface area contributed by atoms with Gasteiger partial charge in [0.2, 0.25) is 0 Å². The number of halogens is 4. The van der Waals surface area contributed by atoms with E-state index in [9.17, 15) is 17.6 Å². The molecule has 0 saturated heterocycles. The highest BCUT2D eigenvalue weighted by Gasteiger charge is 2.35. The Kier molecular flexibility index (Phi) is 3.89. The number of para-hydroxylation sites is 1. The van der Waals surface area contributed by atoms with Crippen LogP contribution < -0.4 is 15.8 Å². The van der Waals surface area contributed by atoms with Crippen LogP contribution in [0.1, 0.15) is 5.56 Å². The molecule has 0 saturated carbocycles. The molecule has 1 aliphatic heterocycles. The van der Waals surface area contributed by atoms with Crippen molar-refractivity contribution in [3.63, 3.8) is 0 Å². The zero-order chi connectivity index (χ0) is 16.6. The molecule has 1 atom stereocenters. The van der Waals surface area contributed by atoms with Gasteiger partial charge in [0.15, 0.2) is 5.75 Å². The Morgan fingerprint density at radius 1 is 1.17 bits per heavy atom. The Balaban J connectivity index is 2.19. The molecule has 0 aliphatic carbocycles. The topological polar surface area (TPSA) is 47.3 Å². The Morgan fingerprint density at radius 2 is 1.96 bits per heavy atom. The van der Waals surface area contributed by atoms with Crippen molar-refractivity contribution in [2.75, 3.05) is 18.4 Å². The number of fused-ring (bicyclic) bond motifs is 1. The molecule has 23 heavy (non-hydrogen) atoms. The number of rotatable bonds is 2. The average Bonchev–Trinajstić information content (AvgIpc) is 2.52. The molecule has 2 aromatic rings. The third-order valence-electron chi connectivity index (χ3n) is 3.66. The lowest BCUT2D eigenvalue weighted by molar-refractivity contribution is -0.137. The van der Waals surface area contributed by atoms with Crippen molar-refractivity contribution in [2.45, 2.75) is 12.3 Å². The summed E-state index contributed by atoms with van der Waals surface area (Å²) in [6, 6.07) is 7.16. The van der Waals surface area contributed by atoms with Gasteiger partial charge in [0.25, 0.3) is 0 Å². The highest BCUT2D eigenvalue weighted by atomic mass is 19.4. The number of alkyl halides is 3. The molecule has 122 valence electrons. The second-order valence-corrected chi connectivity index (χ2v) is 5.23. The molecular formula is C16H14F4N2O. The maximum Gasteiger partial charge on any atom is 0.417 e. The third-order valence-corrected chi connectivity index (χ3v) is 3.66. The second-order valence-electron chi connectivity index (χ2n) is 5.23. The normalized spacial score (nSPS) is 17.2. The summed E-state index contributed by atoms with van der Waals surface area (Å²) in [5.41, 5.74) is 5.14.